The van der Waals surface area contributed by atoms with Crippen molar-refractivity contribution in [3.63, 3.8) is 0 Å². The topological polar surface area (TPSA) is 32.3 Å². The molecule has 2 amide bonds. The van der Waals surface area contributed by atoms with Gasteiger partial charge < -0.3 is 10.2 Å². The van der Waals surface area contributed by atoms with Gasteiger partial charge in [-0.25, -0.2) is 4.79 Å². The third-order valence-electron chi connectivity index (χ3n) is 5.85. The summed E-state index contributed by atoms with van der Waals surface area (Å²) >= 11 is 0. The number of hydrogen-bond acceptors (Lipinski definition) is 1. The third kappa shape index (κ3) is 2.48. The van der Waals surface area contributed by atoms with Crippen molar-refractivity contribution < 1.29 is 4.79 Å². The molecular formula is C16H28N2O. The van der Waals surface area contributed by atoms with E-state index in [4.69, 9.17) is 0 Å². The second-order valence-corrected chi connectivity index (χ2v) is 6.99. The van der Waals surface area contributed by atoms with Crippen molar-refractivity contribution in [2.45, 2.75) is 83.3 Å². The van der Waals surface area contributed by atoms with Crippen molar-refractivity contribution in [3.05, 3.63) is 0 Å². The summed E-state index contributed by atoms with van der Waals surface area (Å²) in [5, 5.41) is 3.32. The van der Waals surface area contributed by atoms with Gasteiger partial charge >= 0.3 is 6.03 Å². The van der Waals surface area contributed by atoms with Gasteiger partial charge in [-0.15, -0.1) is 0 Å². The van der Waals surface area contributed by atoms with Crippen LogP contribution in [0, 0.1) is 11.8 Å². The zero-order valence-electron chi connectivity index (χ0n) is 12.4. The molecule has 0 aromatic heterocycles. The average Bonchev–Trinajstić information content (AvgIpc) is 2.41. The van der Waals surface area contributed by atoms with E-state index in [0.717, 1.165) is 11.8 Å². The van der Waals surface area contributed by atoms with Crippen molar-refractivity contribution in [2.24, 2.45) is 11.8 Å². The second-order valence-electron chi connectivity index (χ2n) is 6.99. The van der Waals surface area contributed by atoms with Crippen LogP contribution in [-0.4, -0.2) is 29.1 Å². The van der Waals surface area contributed by atoms with Gasteiger partial charge in [-0.2, -0.15) is 0 Å². The van der Waals surface area contributed by atoms with Crippen molar-refractivity contribution >= 4 is 6.03 Å². The van der Waals surface area contributed by atoms with Crippen molar-refractivity contribution in [3.8, 4) is 0 Å². The molecule has 0 aromatic carbocycles. The lowest BCUT2D eigenvalue weighted by Gasteiger charge is -2.53. The Morgan fingerprint density at radius 1 is 1.16 bits per heavy atom. The van der Waals surface area contributed by atoms with E-state index in [1.54, 1.807) is 0 Å². The van der Waals surface area contributed by atoms with Crippen LogP contribution < -0.4 is 5.32 Å². The molecule has 3 heteroatoms. The van der Waals surface area contributed by atoms with Crippen LogP contribution in [0.15, 0.2) is 0 Å². The van der Waals surface area contributed by atoms with Gasteiger partial charge in [0.25, 0.3) is 0 Å². The zero-order chi connectivity index (χ0) is 13.4. The third-order valence-corrected chi connectivity index (χ3v) is 5.85. The fraction of sp³-hybridized carbons (Fsp3) is 0.938. The highest BCUT2D eigenvalue weighted by Gasteiger charge is 2.44. The predicted molar refractivity (Wildman–Crippen MR) is 77.0 cm³/mol. The monoisotopic (exact) mass is 264 g/mol. The molecule has 3 aliphatic rings. The van der Waals surface area contributed by atoms with E-state index >= 15 is 0 Å². The number of rotatable bonds is 2. The Morgan fingerprint density at radius 2 is 1.89 bits per heavy atom. The molecule has 5 unspecified atom stereocenters. The molecule has 3 nitrogen and oxygen atoms in total. The first-order valence-electron chi connectivity index (χ1n) is 8.27. The minimum Gasteiger partial charge on any atom is -0.335 e. The molecule has 5 atom stereocenters. The normalized spacial score (nSPS) is 41.6. The van der Waals surface area contributed by atoms with Crippen molar-refractivity contribution in [1.82, 2.24) is 10.2 Å². The largest absolute Gasteiger partial charge is 0.335 e. The van der Waals surface area contributed by atoms with E-state index in [2.05, 4.69) is 24.1 Å². The van der Waals surface area contributed by atoms with E-state index in [1.165, 1.54) is 51.4 Å². The molecule has 1 N–H and O–H groups in total. The summed E-state index contributed by atoms with van der Waals surface area (Å²) < 4.78 is 0. The maximum atomic E-state index is 12.4. The molecule has 2 saturated heterocycles. The smallest absolute Gasteiger partial charge is 0.318 e. The maximum absolute atomic E-state index is 12.4. The molecule has 0 spiro atoms. The van der Waals surface area contributed by atoms with Gasteiger partial charge in [-0.3, -0.25) is 0 Å². The Morgan fingerprint density at radius 3 is 2.53 bits per heavy atom. The number of nitrogens with one attached hydrogen (secondary N) is 1. The lowest BCUT2D eigenvalue weighted by molar-refractivity contribution is 0.00885. The van der Waals surface area contributed by atoms with Gasteiger partial charge in [0.05, 0.1) is 0 Å². The molecule has 3 rings (SSSR count). The maximum Gasteiger partial charge on any atom is 0.318 e. The van der Waals surface area contributed by atoms with Crippen LogP contribution in [0.4, 0.5) is 4.79 Å². The van der Waals surface area contributed by atoms with E-state index in [-0.39, 0.29) is 6.03 Å². The van der Waals surface area contributed by atoms with Gasteiger partial charge in [0.15, 0.2) is 0 Å². The van der Waals surface area contributed by atoms with Gasteiger partial charge in [0, 0.05) is 18.1 Å². The Hall–Kier alpha value is -0.730. The Kier molecular flexibility index (Phi) is 3.72. The molecular weight excluding hydrogens is 236 g/mol. The number of amides is 2. The van der Waals surface area contributed by atoms with E-state index < -0.39 is 0 Å². The molecule has 0 radical (unpaired) electrons. The molecule has 1 saturated carbocycles. The molecule has 0 aromatic rings. The summed E-state index contributed by atoms with van der Waals surface area (Å²) in [6.45, 7) is 4.65. The summed E-state index contributed by atoms with van der Waals surface area (Å²) in [4.78, 5) is 14.5. The van der Waals surface area contributed by atoms with Gasteiger partial charge in [0.2, 0.25) is 0 Å². The zero-order valence-corrected chi connectivity index (χ0v) is 12.4. The lowest BCUT2D eigenvalue weighted by Crippen LogP contribution is -2.64. The SMILES string of the molecule is CCC1CC(NC(=O)N2C3CCCC2C3)CCC1C. The van der Waals surface area contributed by atoms with Gasteiger partial charge in [-0.1, -0.05) is 20.3 Å². The lowest BCUT2D eigenvalue weighted by atomic mass is 9.76. The molecule has 2 aliphatic heterocycles. The van der Waals surface area contributed by atoms with Crippen LogP contribution in [0.5, 0.6) is 0 Å². The minimum atomic E-state index is 0.232. The standard InChI is InChI=1S/C16H28N2O/c1-3-12-9-13(8-7-11(12)2)17-16(19)18-14-5-4-6-15(18)10-14/h11-15H,3-10H2,1-2H3,(H,17,19). The van der Waals surface area contributed by atoms with Crippen LogP contribution >= 0.6 is 0 Å². The number of nitrogens with zero attached hydrogens (tertiary/aromatic N) is 1. The number of urea groups is 1. The number of hydrogen-bond donors (Lipinski definition) is 1. The van der Waals surface area contributed by atoms with E-state index in [9.17, 15) is 4.79 Å². The molecule has 19 heavy (non-hydrogen) atoms. The summed E-state index contributed by atoms with van der Waals surface area (Å²) in [7, 11) is 0. The predicted octanol–water partition coefficient (Wildman–Crippen LogP) is 3.54. The second kappa shape index (κ2) is 5.34. The quantitative estimate of drug-likeness (QED) is 0.813. The summed E-state index contributed by atoms with van der Waals surface area (Å²) in [5.41, 5.74) is 0. The fourth-order valence-corrected chi connectivity index (χ4v) is 4.50. The number of piperidine rings is 1. The van der Waals surface area contributed by atoms with Gasteiger partial charge in [-0.05, 0) is 56.8 Å². The number of fused-ring (bicyclic) bond motifs is 2. The molecule has 1 aliphatic carbocycles. The van der Waals surface area contributed by atoms with E-state index in [0.29, 0.717) is 18.1 Å². The highest BCUT2D eigenvalue weighted by Crippen LogP contribution is 2.38. The first-order chi connectivity index (χ1) is 9.19. The first kappa shape index (κ1) is 13.3. The molecule has 108 valence electrons. The minimum absolute atomic E-state index is 0.232. The summed E-state index contributed by atoms with van der Waals surface area (Å²) in [6.07, 6.45) is 9.91. The number of carbonyl (C=O) groups is 1. The van der Waals surface area contributed by atoms with Crippen LogP contribution in [0.25, 0.3) is 0 Å². The first-order valence-corrected chi connectivity index (χ1v) is 8.27. The Bertz CT molecular complexity index is 330. The molecule has 2 heterocycles. The molecule has 2 bridgehead atoms. The van der Waals surface area contributed by atoms with E-state index in [1.807, 2.05) is 0 Å². The Balaban J connectivity index is 1.52. The fourth-order valence-electron chi connectivity index (χ4n) is 4.50. The highest BCUT2D eigenvalue weighted by molar-refractivity contribution is 5.76. The van der Waals surface area contributed by atoms with Gasteiger partial charge in [0.1, 0.15) is 0 Å². The van der Waals surface area contributed by atoms with Crippen LogP contribution in [-0.2, 0) is 0 Å². The number of carbonyl (C=O) groups excluding carboxylic acids is 1. The average molecular weight is 264 g/mol. The van der Waals surface area contributed by atoms with Crippen LogP contribution in [0.1, 0.15) is 65.2 Å². The molecule has 3 fully saturated rings. The summed E-state index contributed by atoms with van der Waals surface area (Å²) in [5.74, 6) is 1.64. The van der Waals surface area contributed by atoms with Crippen LogP contribution in [0.3, 0.4) is 0 Å². The highest BCUT2D eigenvalue weighted by atomic mass is 16.2. The van der Waals surface area contributed by atoms with Crippen molar-refractivity contribution in [2.75, 3.05) is 0 Å². The van der Waals surface area contributed by atoms with Crippen LogP contribution in [0.2, 0.25) is 0 Å². The summed E-state index contributed by atoms with van der Waals surface area (Å²) in [6, 6.07) is 1.77. The Labute approximate surface area is 117 Å². The van der Waals surface area contributed by atoms with Crippen molar-refractivity contribution in [1.29, 1.82) is 0 Å².